The van der Waals surface area contributed by atoms with Gasteiger partial charge in [-0.15, -0.1) is 0 Å². The molecule has 1 amide bonds. The molecule has 3 aromatic rings. The van der Waals surface area contributed by atoms with Crippen LogP contribution < -0.4 is 31.3 Å². The smallest absolute Gasteiger partial charge is 0.336 e. The Balaban J connectivity index is 1.48. The van der Waals surface area contributed by atoms with E-state index in [0.717, 1.165) is 22.4 Å². The lowest BCUT2D eigenvalue weighted by atomic mass is 10.1. The van der Waals surface area contributed by atoms with Crippen LogP contribution in [0, 0.1) is 6.92 Å². The van der Waals surface area contributed by atoms with E-state index >= 15 is 0 Å². The SMILES string of the molecule is COc1ccc(NC(=S)NNC(=O)COc2ccc3c(C)cc(=O)oc3c2)cc1. The fourth-order valence-electron chi connectivity index (χ4n) is 2.54. The Hall–Kier alpha value is -3.59. The molecule has 0 saturated heterocycles. The van der Waals surface area contributed by atoms with Crippen LogP contribution in [0.5, 0.6) is 11.5 Å². The van der Waals surface area contributed by atoms with Crippen molar-refractivity contribution in [3.8, 4) is 11.5 Å². The van der Waals surface area contributed by atoms with E-state index in [1.807, 2.05) is 6.92 Å². The second-order valence-electron chi connectivity index (χ2n) is 6.05. The van der Waals surface area contributed by atoms with Crippen molar-refractivity contribution in [1.82, 2.24) is 10.9 Å². The van der Waals surface area contributed by atoms with Crippen molar-refractivity contribution in [2.75, 3.05) is 19.0 Å². The average molecular weight is 413 g/mol. The highest BCUT2D eigenvalue weighted by atomic mass is 32.1. The highest BCUT2D eigenvalue weighted by Crippen LogP contribution is 2.22. The topological polar surface area (TPSA) is 102 Å². The molecule has 0 spiro atoms. The molecule has 0 saturated carbocycles. The third-order valence-corrected chi connectivity index (χ3v) is 4.16. The molecule has 9 heteroatoms. The number of rotatable bonds is 5. The molecule has 150 valence electrons. The molecule has 0 radical (unpaired) electrons. The Morgan fingerprint density at radius 1 is 1.07 bits per heavy atom. The van der Waals surface area contributed by atoms with Gasteiger partial charge in [0, 0.05) is 23.2 Å². The molecule has 29 heavy (non-hydrogen) atoms. The summed E-state index contributed by atoms with van der Waals surface area (Å²) in [5.41, 5.74) is 6.53. The number of anilines is 1. The second kappa shape index (κ2) is 9.07. The number of ether oxygens (including phenoxy) is 2. The van der Waals surface area contributed by atoms with E-state index in [4.69, 9.17) is 26.1 Å². The molecule has 0 aliphatic heterocycles. The number of methoxy groups -OCH3 is 1. The summed E-state index contributed by atoms with van der Waals surface area (Å²) in [5.74, 6) is 0.693. The lowest BCUT2D eigenvalue weighted by Gasteiger charge is -2.12. The summed E-state index contributed by atoms with van der Waals surface area (Å²) in [6, 6.07) is 13.6. The molecular weight excluding hydrogens is 394 g/mol. The van der Waals surface area contributed by atoms with Gasteiger partial charge in [-0.2, -0.15) is 0 Å². The van der Waals surface area contributed by atoms with Gasteiger partial charge in [-0.1, -0.05) is 0 Å². The van der Waals surface area contributed by atoms with Crippen LogP contribution in [0.2, 0.25) is 0 Å². The van der Waals surface area contributed by atoms with Crippen LogP contribution in [0.4, 0.5) is 5.69 Å². The zero-order chi connectivity index (χ0) is 20.8. The molecule has 0 aliphatic carbocycles. The van der Waals surface area contributed by atoms with E-state index in [1.165, 1.54) is 6.07 Å². The summed E-state index contributed by atoms with van der Waals surface area (Å²) >= 11 is 5.12. The van der Waals surface area contributed by atoms with E-state index in [9.17, 15) is 9.59 Å². The van der Waals surface area contributed by atoms with Gasteiger partial charge in [0.25, 0.3) is 5.91 Å². The highest BCUT2D eigenvalue weighted by Gasteiger charge is 2.07. The van der Waals surface area contributed by atoms with Gasteiger partial charge in [-0.25, -0.2) is 4.79 Å². The Morgan fingerprint density at radius 3 is 2.52 bits per heavy atom. The number of nitrogens with one attached hydrogen (secondary N) is 3. The van der Waals surface area contributed by atoms with E-state index < -0.39 is 11.5 Å². The fraction of sp³-hybridized carbons (Fsp3) is 0.150. The molecule has 2 aromatic carbocycles. The largest absolute Gasteiger partial charge is 0.497 e. The number of benzene rings is 2. The molecule has 3 rings (SSSR count). The maximum Gasteiger partial charge on any atom is 0.336 e. The van der Waals surface area contributed by atoms with E-state index in [0.29, 0.717) is 11.3 Å². The summed E-state index contributed by atoms with van der Waals surface area (Å²) < 4.78 is 15.7. The van der Waals surface area contributed by atoms with Gasteiger partial charge < -0.3 is 19.2 Å². The first-order valence-corrected chi connectivity index (χ1v) is 9.02. The summed E-state index contributed by atoms with van der Waals surface area (Å²) in [6.45, 7) is 1.57. The number of carbonyl (C=O) groups is 1. The Labute approximate surface area is 171 Å². The number of thiocarbonyl (C=S) groups is 1. The molecule has 0 fully saturated rings. The zero-order valence-electron chi connectivity index (χ0n) is 15.8. The van der Waals surface area contributed by atoms with Crippen molar-refractivity contribution < 1.29 is 18.7 Å². The van der Waals surface area contributed by atoms with Crippen LogP contribution in [-0.2, 0) is 4.79 Å². The summed E-state index contributed by atoms with van der Waals surface area (Å²) in [4.78, 5) is 23.4. The van der Waals surface area contributed by atoms with Crippen LogP contribution in [0.25, 0.3) is 11.0 Å². The molecular formula is C20H19N3O5S. The van der Waals surface area contributed by atoms with Crippen LogP contribution in [-0.4, -0.2) is 24.7 Å². The predicted molar refractivity (Wildman–Crippen MR) is 113 cm³/mol. The first-order valence-electron chi connectivity index (χ1n) is 8.62. The summed E-state index contributed by atoms with van der Waals surface area (Å²) in [7, 11) is 1.58. The van der Waals surface area contributed by atoms with Crippen LogP contribution >= 0.6 is 12.2 Å². The first-order chi connectivity index (χ1) is 13.9. The van der Waals surface area contributed by atoms with Gasteiger partial charge >= 0.3 is 5.63 Å². The monoisotopic (exact) mass is 413 g/mol. The van der Waals surface area contributed by atoms with Crippen molar-refractivity contribution in [2.24, 2.45) is 0 Å². The summed E-state index contributed by atoms with van der Waals surface area (Å²) in [5, 5.41) is 3.94. The normalized spacial score (nSPS) is 10.3. The minimum atomic E-state index is -0.438. The first kappa shape index (κ1) is 20.2. The number of hydrogen-bond donors (Lipinski definition) is 3. The van der Waals surface area contributed by atoms with Crippen molar-refractivity contribution in [1.29, 1.82) is 0 Å². The van der Waals surface area contributed by atoms with Gasteiger partial charge in [-0.3, -0.25) is 15.6 Å². The van der Waals surface area contributed by atoms with E-state index in [1.54, 1.807) is 49.6 Å². The maximum absolute atomic E-state index is 12.0. The van der Waals surface area contributed by atoms with Crippen molar-refractivity contribution >= 4 is 39.9 Å². The highest BCUT2D eigenvalue weighted by molar-refractivity contribution is 7.80. The number of aryl methyl sites for hydroxylation is 1. The van der Waals surface area contributed by atoms with Crippen molar-refractivity contribution in [3.63, 3.8) is 0 Å². The molecule has 0 aliphatic rings. The van der Waals surface area contributed by atoms with Crippen LogP contribution in [0.3, 0.4) is 0 Å². The molecule has 8 nitrogen and oxygen atoms in total. The minimum Gasteiger partial charge on any atom is -0.497 e. The van der Waals surface area contributed by atoms with Crippen LogP contribution in [0.15, 0.2) is 57.7 Å². The van der Waals surface area contributed by atoms with E-state index in [-0.39, 0.29) is 11.7 Å². The second-order valence-corrected chi connectivity index (χ2v) is 6.46. The lowest BCUT2D eigenvalue weighted by molar-refractivity contribution is -0.123. The van der Waals surface area contributed by atoms with Crippen molar-refractivity contribution in [2.45, 2.75) is 6.92 Å². The van der Waals surface area contributed by atoms with Gasteiger partial charge in [0.15, 0.2) is 11.7 Å². The zero-order valence-corrected chi connectivity index (χ0v) is 16.6. The number of hydrazine groups is 1. The van der Waals surface area contributed by atoms with E-state index in [2.05, 4.69) is 16.2 Å². The Morgan fingerprint density at radius 2 is 1.79 bits per heavy atom. The Bertz CT molecular complexity index is 1100. The lowest BCUT2D eigenvalue weighted by Crippen LogP contribution is -2.45. The quantitative estimate of drug-likeness (QED) is 0.333. The van der Waals surface area contributed by atoms with Gasteiger partial charge in [-0.05, 0) is 61.1 Å². The number of hydrogen-bond acceptors (Lipinski definition) is 6. The molecule has 0 bridgehead atoms. The Kier molecular flexibility index (Phi) is 6.30. The number of fused-ring (bicyclic) bond motifs is 1. The maximum atomic E-state index is 12.0. The third kappa shape index (κ3) is 5.45. The number of carbonyl (C=O) groups excluding carboxylic acids is 1. The molecule has 0 atom stereocenters. The fourth-order valence-corrected chi connectivity index (χ4v) is 2.71. The molecule has 1 heterocycles. The number of amides is 1. The molecule has 3 N–H and O–H groups in total. The summed E-state index contributed by atoms with van der Waals surface area (Å²) in [6.07, 6.45) is 0. The van der Waals surface area contributed by atoms with Crippen LogP contribution in [0.1, 0.15) is 5.56 Å². The van der Waals surface area contributed by atoms with Crippen molar-refractivity contribution in [3.05, 3.63) is 64.5 Å². The third-order valence-electron chi connectivity index (χ3n) is 3.96. The standard InChI is InChI=1S/C20H19N3O5S/c1-12-9-19(25)28-17-10-15(7-8-16(12)17)27-11-18(24)22-23-20(29)21-13-3-5-14(26-2)6-4-13/h3-10H,11H2,1-2H3,(H,22,24)(H2,21,23,29). The van der Waals surface area contributed by atoms with Gasteiger partial charge in [0.05, 0.1) is 7.11 Å². The molecule has 0 unspecified atom stereocenters. The van der Waals surface area contributed by atoms with Gasteiger partial charge in [0.1, 0.15) is 17.1 Å². The average Bonchev–Trinajstić information content (AvgIpc) is 2.71. The minimum absolute atomic E-state index is 0.214. The van der Waals surface area contributed by atoms with Gasteiger partial charge in [0.2, 0.25) is 0 Å². The predicted octanol–water partition coefficient (Wildman–Crippen LogP) is 2.51. The molecule has 1 aromatic heterocycles.